The Bertz CT molecular complexity index is 1340. The number of nitrogens with two attached hydrogens (primary N) is 1. The molecule has 14 radical (unpaired) electrons. The zero-order chi connectivity index (χ0) is 26.7. The van der Waals surface area contributed by atoms with Gasteiger partial charge in [0.05, 0.1) is 20.2 Å². The van der Waals surface area contributed by atoms with Gasteiger partial charge in [-0.05, 0) is 11.1 Å². The molecule has 17 heteroatoms. The first-order valence-corrected chi connectivity index (χ1v) is 10.7. The van der Waals surface area contributed by atoms with E-state index in [4.69, 9.17) is 69.6 Å². The predicted molar refractivity (Wildman–Crippen MR) is 127 cm³/mol. The average molecular weight is 482 g/mol. The van der Waals surface area contributed by atoms with Gasteiger partial charge in [0, 0.05) is 5.56 Å². The monoisotopic (exact) mass is 483 g/mol. The lowest BCUT2D eigenvalue weighted by atomic mass is 9.57. The lowest BCUT2D eigenvalue weighted by Gasteiger charge is -2.32. The van der Waals surface area contributed by atoms with Gasteiger partial charge in [-0.25, -0.2) is 0 Å². The minimum Gasteiger partial charge on any atom is -0.468 e. The highest BCUT2D eigenvalue weighted by Gasteiger charge is 2.52. The Balaban J connectivity index is 2.08. The number of rotatable bonds is 5. The first-order chi connectivity index (χ1) is 15.9. The molecule has 2 N–H and O–H groups in total. The minimum absolute atomic E-state index is 0.124. The molecule has 0 amide bonds. The molecule has 0 saturated heterocycles. The SMILES string of the molecule is [B]c1c([B])c(C2([B])OC(N)=C(OS(=O)(=O)C([B])([B])c3ccccc3)C2=O)c([B])c([B])c1C(F)(F)F. The number of ketones is 1. The summed E-state index contributed by atoms with van der Waals surface area (Å²) in [6, 6.07) is 6.97. The van der Waals surface area contributed by atoms with E-state index < -0.39 is 76.7 Å². The van der Waals surface area contributed by atoms with Crippen LogP contribution in [0.5, 0.6) is 0 Å². The third-order valence-electron chi connectivity index (χ3n) is 5.18. The molecule has 6 nitrogen and oxygen atoms in total. The second kappa shape index (κ2) is 8.53. The number of hydrogen-bond acceptors (Lipinski definition) is 6. The van der Waals surface area contributed by atoms with Crippen LogP contribution in [0.25, 0.3) is 0 Å². The van der Waals surface area contributed by atoms with Crippen LogP contribution < -0.4 is 27.6 Å². The smallest absolute Gasteiger partial charge is 0.415 e. The van der Waals surface area contributed by atoms with Crippen LogP contribution >= 0.6 is 0 Å². The quantitative estimate of drug-likeness (QED) is 0.350. The molecule has 1 atom stereocenters. The summed E-state index contributed by atoms with van der Waals surface area (Å²) in [5.74, 6) is -3.67. The molecule has 0 saturated carbocycles. The number of carbonyl (C=O) groups excluding carboxylic acids is 1. The second-order valence-electron chi connectivity index (χ2n) is 7.46. The van der Waals surface area contributed by atoms with Gasteiger partial charge in [-0.15, -0.1) is 0 Å². The third-order valence-corrected chi connectivity index (χ3v) is 6.63. The number of benzene rings is 2. The van der Waals surface area contributed by atoms with Crippen LogP contribution in [0.2, 0.25) is 0 Å². The van der Waals surface area contributed by atoms with Crippen molar-refractivity contribution in [3.8, 4) is 0 Å². The van der Waals surface area contributed by atoms with Gasteiger partial charge in [0.1, 0.15) is 39.2 Å². The number of carbonyl (C=O) groups is 1. The summed E-state index contributed by atoms with van der Waals surface area (Å²) in [4.78, 5) is 13.1. The van der Waals surface area contributed by atoms with Gasteiger partial charge in [0.2, 0.25) is 17.4 Å². The summed E-state index contributed by atoms with van der Waals surface area (Å²) in [6.07, 6.45) is -5.07. The number of ether oxygens (including phenoxy) is 1. The highest BCUT2D eigenvalue weighted by molar-refractivity contribution is 7.90. The van der Waals surface area contributed by atoms with Gasteiger partial charge in [0.15, 0.2) is 5.50 Å². The Morgan fingerprint density at radius 1 is 0.943 bits per heavy atom. The molecule has 2 aromatic rings. The van der Waals surface area contributed by atoms with E-state index in [0.29, 0.717) is 0 Å². The topological polar surface area (TPSA) is 95.7 Å². The van der Waals surface area contributed by atoms with E-state index in [1.54, 1.807) is 6.07 Å². The van der Waals surface area contributed by atoms with Crippen LogP contribution in [-0.2, 0) is 40.1 Å². The van der Waals surface area contributed by atoms with Crippen LogP contribution in [0.15, 0.2) is 42.0 Å². The fourth-order valence-corrected chi connectivity index (χ4v) is 4.29. The van der Waals surface area contributed by atoms with E-state index in [-0.39, 0.29) is 5.56 Å². The largest absolute Gasteiger partial charge is 0.468 e. The summed E-state index contributed by atoms with van der Waals surface area (Å²) in [5, 5.41) is 0. The number of hydrogen-bond donors (Lipinski definition) is 1. The van der Waals surface area contributed by atoms with Crippen LogP contribution in [-0.4, -0.2) is 69.1 Å². The highest BCUT2D eigenvalue weighted by Crippen LogP contribution is 2.37. The van der Waals surface area contributed by atoms with E-state index in [1.165, 1.54) is 24.3 Å². The van der Waals surface area contributed by atoms with Crippen LogP contribution in [0.1, 0.15) is 16.7 Å². The van der Waals surface area contributed by atoms with Crippen LogP contribution in [0.4, 0.5) is 13.2 Å². The molecule has 1 aliphatic heterocycles. The standard InChI is InChI=1S/C18H7B7F3NO5S/c19-9-7(10(20)12(22)8(11(9)21)18(26,27)28)16(23)14(30)13(15(29)33-16)34-35(31,32)17(24,25)6-4-2-1-3-5-6/h1-5H,29H2. The molecule has 0 aromatic heterocycles. The lowest BCUT2D eigenvalue weighted by molar-refractivity contribution is -0.135. The molecule has 1 aliphatic rings. The van der Waals surface area contributed by atoms with Gasteiger partial charge in [-0.3, -0.25) is 4.79 Å². The summed E-state index contributed by atoms with van der Waals surface area (Å²) in [5.41, 5.74) is -3.77. The molecular weight excluding hydrogens is 475 g/mol. The number of halogens is 3. The van der Waals surface area contributed by atoms with Crippen molar-refractivity contribution in [1.82, 2.24) is 0 Å². The Morgan fingerprint density at radius 2 is 1.43 bits per heavy atom. The van der Waals surface area contributed by atoms with E-state index in [1.807, 2.05) is 0 Å². The summed E-state index contributed by atoms with van der Waals surface area (Å²) >= 11 is 0. The highest BCUT2D eigenvalue weighted by atomic mass is 32.2. The van der Waals surface area contributed by atoms with Gasteiger partial charge in [0.25, 0.3) is 0 Å². The zero-order valence-electron chi connectivity index (χ0n) is 17.6. The maximum absolute atomic E-state index is 13.4. The van der Waals surface area contributed by atoms with Crippen LogP contribution in [0, 0.1) is 0 Å². The molecule has 0 spiro atoms. The molecule has 35 heavy (non-hydrogen) atoms. The fraction of sp³-hybridized carbons (Fsp3) is 0.167. The average Bonchev–Trinajstić information content (AvgIpc) is 2.95. The van der Waals surface area contributed by atoms with Gasteiger partial charge < -0.3 is 14.7 Å². The van der Waals surface area contributed by atoms with Crippen molar-refractivity contribution in [2.45, 2.75) is 16.2 Å². The van der Waals surface area contributed by atoms with E-state index in [0.717, 1.165) is 0 Å². The molecule has 0 aliphatic carbocycles. The van der Waals surface area contributed by atoms with Crippen molar-refractivity contribution < 1.29 is 35.3 Å². The molecule has 3 rings (SSSR count). The first-order valence-electron chi connectivity index (χ1n) is 9.31. The normalized spacial score (nSPS) is 19.0. The summed E-state index contributed by atoms with van der Waals surface area (Å²) in [7, 11) is 34.8. The first kappa shape index (κ1) is 27.0. The van der Waals surface area contributed by atoms with Crippen molar-refractivity contribution >= 4 is 92.7 Å². The van der Waals surface area contributed by atoms with Crippen molar-refractivity contribution in [2.24, 2.45) is 5.73 Å². The minimum atomic E-state index is -5.07. The Hall–Kier alpha value is -2.56. The molecule has 0 fully saturated rings. The van der Waals surface area contributed by atoms with Crippen molar-refractivity contribution in [3.05, 3.63) is 58.7 Å². The van der Waals surface area contributed by atoms with Crippen molar-refractivity contribution in [2.75, 3.05) is 0 Å². The Morgan fingerprint density at radius 3 is 1.89 bits per heavy atom. The Kier molecular flexibility index (Phi) is 6.59. The molecule has 0 bridgehead atoms. The number of Topliss-reactive ketones (excluding diaryl/α,β-unsaturated/α-hetero) is 1. The third kappa shape index (κ3) is 4.21. The molecular formula is C18H7B7F3NO5S. The van der Waals surface area contributed by atoms with E-state index in [9.17, 15) is 26.4 Å². The van der Waals surface area contributed by atoms with Crippen molar-refractivity contribution in [1.29, 1.82) is 0 Å². The fourth-order valence-electron chi connectivity index (χ4n) is 3.35. The summed E-state index contributed by atoms with van der Waals surface area (Å²) < 4.78 is 72.9. The molecule has 162 valence electrons. The maximum Gasteiger partial charge on any atom is 0.415 e. The predicted octanol–water partition coefficient (Wildman–Crippen LogP) is -3.58. The lowest BCUT2D eigenvalue weighted by Crippen LogP contribution is -2.56. The molecule has 1 unspecified atom stereocenters. The van der Waals surface area contributed by atoms with Gasteiger partial charge in [-0.1, -0.05) is 52.2 Å². The van der Waals surface area contributed by atoms with Gasteiger partial charge >= 0.3 is 16.3 Å². The van der Waals surface area contributed by atoms with E-state index >= 15 is 0 Å². The molecule has 2 aromatic carbocycles. The number of alkyl halides is 3. The molecule has 1 heterocycles. The maximum atomic E-state index is 13.4. The zero-order valence-corrected chi connectivity index (χ0v) is 18.4. The van der Waals surface area contributed by atoms with Crippen LogP contribution in [0.3, 0.4) is 0 Å². The van der Waals surface area contributed by atoms with E-state index in [2.05, 4.69) is 0 Å². The van der Waals surface area contributed by atoms with Crippen molar-refractivity contribution in [3.63, 3.8) is 0 Å². The second-order valence-corrected chi connectivity index (χ2v) is 9.21. The Labute approximate surface area is 208 Å². The van der Waals surface area contributed by atoms with Gasteiger partial charge in [-0.2, -0.15) is 21.6 Å². The summed E-state index contributed by atoms with van der Waals surface area (Å²) in [6.45, 7) is 0.